The minimum Gasteiger partial charge on any atom is -0.451 e. The molecule has 140 valence electrons. The van der Waals surface area contributed by atoms with Crippen LogP contribution in [0.1, 0.15) is 12.6 Å². The summed E-state index contributed by atoms with van der Waals surface area (Å²) in [5, 5.41) is 4.16. The van der Waals surface area contributed by atoms with Crippen LogP contribution in [0.25, 0.3) is 0 Å². The minimum absolute atomic E-state index is 0.272. The van der Waals surface area contributed by atoms with E-state index in [1.807, 2.05) is 0 Å². The summed E-state index contributed by atoms with van der Waals surface area (Å²) < 4.78 is 30.8. The third-order valence-corrected chi connectivity index (χ3v) is 4.89. The van der Waals surface area contributed by atoms with Gasteiger partial charge in [-0.1, -0.05) is 23.1 Å². The maximum Gasteiger partial charge on any atom is 0.326 e. The van der Waals surface area contributed by atoms with Crippen molar-refractivity contribution in [1.82, 2.24) is 4.57 Å². The lowest BCUT2D eigenvalue weighted by molar-refractivity contribution is -0.153. The number of rotatable bonds is 7. The number of hydrogen-bond acceptors (Lipinski definition) is 6. The van der Waals surface area contributed by atoms with E-state index >= 15 is 0 Å². The minimum atomic E-state index is -2.52. The number of alkyl halides is 2. The molecule has 0 unspecified atom stereocenters. The second-order valence-electron chi connectivity index (χ2n) is 5.25. The van der Waals surface area contributed by atoms with Gasteiger partial charge in [0, 0.05) is 21.7 Å². The molecule has 0 aliphatic rings. The van der Waals surface area contributed by atoms with Crippen molar-refractivity contribution in [3.8, 4) is 0 Å². The molecule has 0 saturated carbocycles. The molecule has 26 heavy (non-hydrogen) atoms. The average molecular weight is 402 g/mol. The van der Waals surface area contributed by atoms with Crippen LogP contribution in [0, 0.1) is 6.92 Å². The number of aryl methyl sites for hydroxylation is 1. The lowest BCUT2D eigenvalue weighted by Crippen LogP contribution is -2.32. The molecule has 0 aliphatic heterocycles. The Morgan fingerprint density at radius 3 is 2.50 bits per heavy atom. The number of benzene rings is 1. The van der Waals surface area contributed by atoms with Gasteiger partial charge in [0.2, 0.25) is 0 Å². The Morgan fingerprint density at radius 1 is 1.31 bits per heavy atom. The highest BCUT2D eigenvalue weighted by Crippen LogP contribution is 2.26. The van der Waals surface area contributed by atoms with E-state index in [0.29, 0.717) is 28.0 Å². The number of thiazole rings is 1. The molecule has 0 radical (unpaired) electrons. The number of halogens is 2. The van der Waals surface area contributed by atoms with Gasteiger partial charge in [0.1, 0.15) is 6.54 Å². The van der Waals surface area contributed by atoms with Crippen LogP contribution in [0.3, 0.4) is 0 Å². The summed E-state index contributed by atoms with van der Waals surface area (Å²) in [5.41, 5.74) is 1.03. The molecule has 1 atom stereocenters. The number of carbonyl (C=O) groups excluding carboxylic acids is 2. The standard InChI is InChI=1S/C16H16F2N2O4S2/c1-9-8-25-16(23)20(9)7-13(21)24-10(2)14(22)19-11-3-5-12(6-4-11)26-15(17)18/h3-6,8,10,15H,7H2,1-2H3,(H,19,22)/t10-/m1/s1. The van der Waals surface area contributed by atoms with Crippen molar-refractivity contribution >= 4 is 40.7 Å². The number of aromatic nitrogens is 1. The summed E-state index contributed by atoms with van der Waals surface area (Å²) in [7, 11) is 0. The molecule has 0 spiro atoms. The molecule has 0 saturated heterocycles. The van der Waals surface area contributed by atoms with Crippen LogP contribution in [0.15, 0.2) is 39.3 Å². The van der Waals surface area contributed by atoms with E-state index in [2.05, 4.69) is 5.32 Å². The second kappa shape index (κ2) is 8.95. The number of nitrogens with one attached hydrogen (secondary N) is 1. The van der Waals surface area contributed by atoms with Crippen LogP contribution >= 0.6 is 23.1 Å². The maximum atomic E-state index is 12.3. The molecule has 0 fully saturated rings. The highest BCUT2D eigenvalue weighted by molar-refractivity contribution is 7.99. The summed E-state index contributed by atoms with van der Waals surface area (Å²) in [6.07, 6.45) is -1.08. The van der Waals surface area contributed by atoms with E-state index in [0.717, 1.165) is 11.3 Å². The highest BCUT2D eigenvalue weighted by atomic mass is 32.2. The van der Waals surface area contributed by atoms with Crippen molar-refractivity contribution in [1.29, 1.82) is 0 Å². The first-order chi connectivity index (χ1) is 12.3. The van der Waals surface area contributed by atoms with Gasteiger partial charge in [-0.15, -0.1) is 0 Å². The van der Waals surface area contributed by atoms with Crippen molar-refractivity contribution in [2.75, 3.05) is 5.32 Å². The van der Waals surface area contributed by atoms with Gasteiger partial charge in [-0.2, -0.15) is 8.78 Å². The predicted molar refractivity (Wildman–Crippen MR) is 95.8 cm³/mol. The molecule has 6 nitrogen and oxygen atoms in total. The van der Waals surface area contributed by atoms with E-state index < -0.39 is 23.7 Å². The van der Waals surface area contributed by atoms with Gasteiger partial charge in [-0.05, 0) is 38.1 Å². The fourth-order valence-electron chi connectivity index (χ4n) is 1.98. The number of carbonyl (C=O) groups is 2. The Kier molecular flexibility index (Phi) is 6.92. The Morgan fingerprint density at radius 2 is 1.96 bits per heavy atom. The second-order valence-corrected chi connectivity index (χ2v) is 7.14. The zero-order valence-electron chi connectivity index (χ0n) is 13.9. The summed E-state index contributed by atoms with van der Waals surface area (Å²) in [6.45, 7) is 2.82. The first-order valence-electron chi connectivity index (χ1n) is 7.46. The smallest absolute Gasteiger partial charge is 0.326 e. The number of esters is 1. The lowest BCUT2D eigenvalue weighted by atomic mass is 10.3. The van der Waals surface area contributed by atoms with E-state index in [-0.39, 0.29) is 11.4 Å². The third-order valence-electron chi connectivity index (χ3n) is 3.29. The summed E-state index contributed by atoms with van der Waals surface area (Å²) in [4.78, 5) is 35.6. The molecule has 1 amide bonds. The van der Waals surface area contributed by atoms with Crippen LogP contribution in [-0.2, 0) is 20.9 Å². The van der Waals surface area contributed by atoms with Gasteiger partial charge in [0.05, 0.1) is 0 Å². The van der Waals surface area contributed by atoms with E-state index in [9.17, 15) is 23.2 Å². The molecule has 0 aliphatic carbocycles. The summed E-state index contributed by atoms with van der Waals surface area (Å²) in [6, 6.07) is 5.86. The number of amides is 1. The third kappa shape index (κ3) is 5.67. The topological polar surface area (TPSA) is 77.4 Å². The average Bonchev–Trinajstić information content (AvgIpc) is 2.88. The van der Waals surface area contributed by atoms with Gasteiger partial charge in [0.15, 0.2) is 6.10 Å². The molecule has 10 heteroatoms. The summed E-state index contributed by atoms with van der Waals surface area (Å²) in [5.74, 6) is -3.80. The van der Waals surface area contributed by atoms with Gasteiger partial charge >= 0.3 is 10.8 Å². The molecule has 2 aromatic rings. The molecule has 0 bridgehead atoms. The van der Waals surface area contributed by atoms with Crippen molar-refractivity contribution in [2.24, 2.45) is 0 Å². The normalized spacial score (nSPS) is 12.0. The number of thioether (sulfide) groups is 1. The molecule has 1 aromatic carbocycles. The van der Waals surface area contributed by atoms with Crippen molar-refractivity contribution < 1.29 is 23.1 Å². The zero-order valence-corrected chi connectivity index (χ0v) is 15.5. The number of nitrogens with zero attached hydrogens (tertiary/aromatic N) is 1. The fourth-order valence-corrected chi connectivity index (χ4v) is 3.21. The fraction of sp³-hybridized carbons (Fsp3) is 0.312. The highest BCUT2D eigenvalue weighted by Gasteiger charge is 2.19. The molecular weight excluding hydrogens is 386 g/mol. The van der Waals surface area contributed by atoms with Gasteiger partial charge in [-0.3, -0.25) is 19.0 Å². The van der Waals surface area contributed by atoms with Crippen LogP contribution in [0.5, 0.6) is 0 Å². The SMILES string of the molecule is Cc1csc(=O)n1CC(=O)O[C@H](C)C(=O)Nc1ccc(SC(F)F)cc1. The van der Waals surface area contributed by atoms with Crippen molar-refractivity contribution in [3.63, 3.8) is 0 Å². The predicted octanol–water partition coefficient (Wildman–Crippen LogP) is 3.10. The number of ether oxygens (including phenoxy) is 1. The molecular formula is C16H16F2N2O4S2. The molecule has 2 rings (SSSR count). The van der Waals surface area contributed by atoms with Gasteiger partial charge in [-0.25, -0.2) is 0 Å². The Hall–Kier alpha value is -2.20. The van der Waals surface area contributed by atoms with E-state index in [4.69, 9.17) is 4.74 Å². The molecule has 1 aromatic heterocycles. The van der Waals surface area contributed by atoms with Gasteiger partial charge < -0.3 is 10.1 Å². The molecule has 1 heterocycles. The number of hydrogen-bond donors (Lipinski definition) is 1. The van der Waals surface area contributed by atoms with Crippen molar-refractivity contribution in [2.45, 2.75) is 37.1 Å². The number of anilines is 1. The van der Waals surface area contributed by atoms with E-state index in [1.165, 1.54) is 35.8 Å². The summed E-state index contributed by atoms with van der Waals surface area (Å²) >= 11 is 1.38. The quantitative estimate of drug-likeness (QED) is 0.569. The van der Waals surface area contributed by atoms with Crippen LogP contribution in [0.2, 0.25) is 0 Å². The Balaban J connectivity index is 1.88. The monoisotopic (exact) mass is 402 g/mol. The maximum absolute atomic E-state index is 12.3. The largest absolute Gasteiger partial charge is 0.451 e. The van der Waals surface area contributed by atoms with E-state index in [1.54, 1.807) is 12.3 Å². The lowest BCUT2D eigenvalue weighted by Gasteiger charge is -2.14. The Labute approximate surface area is 156 Å². The first-order valence-corrected chi connectivity index (χ1v) is 9.22. The van der Waals surface area contributed by atoms with Crippen LogP contribution < -0.4 is 10.2 Å². The van der Waals surface area contributed by atoms with Crippen LogP contribution in [-0.4, -0.2) is 28.3 Å². The van der Waals surface area contributed by atoms with Gasteiger partial charge in [0.25, 0.3) is 11.7 Å². The first kappa shape index (κ1) is 20.1. The van der Waals surface area contributed by atoms with Crippen LogP contribution in [0.4, 0.5) is 14.5 Å². The molecule has 1 N–H and O–H groups in total. The Bertz CT molecular complexity index is 834. The zero-order chi connectivity index (χ0) is 19.3. The van der Waals surface area contributed by atoms with Crippen molar-refractivity contribution in [3.05, 3.63) is 45.0 Å².